The number of aromatic nitrogens is 4. The van der Waals surface area contributed by atoms with Crippen LogP contribution < -0.4 is 15.0 Å². The van der Waals surface area contributed by atoms with Crippen molar-refractivity contribution in [3.8, 4) is 17.1 Å². The molecule has 2 fully saturated rings. The summed E-state index contributed by atoms with van der Waals surface area (Å²) < 4.78 is 20.2. The van der Waals surface area contributed by atoms with Gasteiger partial charge in [0.25, 0.3) is 0 Å². The third-order valence-electron chi connectivity index (χ3n) is 5.27. The summed E-state index contributed by atoms with van der Waals surface area (Å²) in [6.07, 6.45) is 3.46. The predicted octanol–water partition coefficient (Wildman–Crippen LogP) is 2.50. The molecule has 8 heteroatoms. The maximum atomic E-state index is 14.4. The van der Waals surface area contributed by atoms with Gasteiger partial charge in [0.2, 0.25) is 0 Å². The molecule has 1 saturated carbocycles. The number of hydrogen-bond donors (Lipinski definition) is 2. The number of ether oxygens (including phenoxy) is 1. The Balaban J connectivity index is 1.53. The number of aromatic amines is 1. The van der Waals surface area contributed by atoms with Crippen molar-refractivity contribution >= 4 is 16.7 Å². The molecule has 0 unspecified atom stereocenters. The van der Waals surface area contributed by atoms with Crippen LogP contribution in [0.15, 0.2) is 24.5 Å². The third-order valence-corrected chi connectivity index (χ3v) is 5.27. The SMILES string of the molecule is CC1(Oc2cc3c(-c4cc(N5CCNCC5)ncn4)[nH]nc3cc2F)CC1. The quantitative estimate of drug-likeness (QED) is 0.737. The number of anilines is 1. The van der Waals surface area contributed by atoms with Crippen LogP contribution in [-0.2, 0) is 0 Å². The first-order valence-corrected chi connectivity index (χ1v) is 9.26. The van der Waals surface area contributed by atoms with Crippen molar-refractivity contribution in [1.29, 1.82) is 0 Å². The standard InChI is InChI=1S/C19H21FN6O/c1-19(2-3-19)27-16-8-12-14(9-13(16)20)24-25-18(12)15-10-17(23-11-22-15)26-6-4-21-5-7-26/h8-11,21H,2-7H2,1H3,(H,24,25). The Morgan fingerprint density at radius 1 is 1.15 bits per heavy atom. The molecule has 1 aliphatic carbocycles. The topological polar surface area (TPSA) is 79.0 Å². The van der Waals surface area contributed by atoms with E-state index in [0.717, 1.165) is 61.6 Å². The smallest absolute Gasteiger partial charge is 0.167 e. The molecule has 0 atom stereocenters. The van der Waals surface area contributed by atoms with Crippen molar-refractivity contribution in [3.63, 3.8) is 0 Å². The average molecular weight is 368 g/mol. The van der Waals surface area contributed by atoms with Crippen molar-refractivity contribution in [2.24, 2.45) is 0 Å². The largest absolute Gasteiger partial charge is 0.484 e. The Kier molecular flexibility index (Phi) is 3.75. The number of piperazine rings is 1. The van der Waals surface area contributed by atoms with Gasteiger partial charge in [-0.25, -0.2) is 14.4 Å². The fraction of sp³-hybridized carbons (Fsp3) is 0.421. The molecule has 3 heterocycles. The van der Waals surface area contributed by atoms with Crippen molar-refractivity contribution in [2.75, 3.05) is 31.1 Å². The molecule has 1 aromatic carbocycles. The molecule has 1 aliphatic heterocycles. The Hall–Kier alpha value is -2.74. The highest BCUT2D eigenvalue weighted by Crippen LogP contribution is 2.41. The van der Waals surface area contributed by atoms with Crippen LogP contribution in [0.1, 0.15) is 19.8 Å². The Morgan fingerprint density at radius 3 is 2.74 bits per heavy atom. The number of H-pyrrole nitrogens is 1. The van der Waals surface area contributed by atoms with E-state index >= 15 is 0 Å². The zero-order valence-electron chi connectivity index (χ0n) is 15.1. The van der Waals surface area contributed by atoms with E-state index in [9.17, 15) is 4.39 Å². The zero-order valence-corrected chi connectivity index (χ0v) is 15.1. The van der Waals surface area contributed by atoms with Crippen molar-refractivity contribution < 1.29 is 9.13 Å². The van der Waals surface area contributed by atoms with E-state index in [2.05, 4.69) is 30.4 Å². The first-order valence-electron chi connectivity index (χ1n) is 9.26. The van der Waals surface area contributed by atoms with Gasteiger partial charge in [-0.3, -0.25) is 5.10 Å². The Bertz CT molecular complexity index is 993. The summed E-state index contributed by atoms with van der Waals surface area (Å²) in [7, 11) is 0. The lowest BCUT2D eigenvalue weighted by molar-refractivity contribution is 0.191. The second kappa shape index (κ2) is 6.16. The van der Waals surface area contributed by atoms with Gasteiger partial charge in [-0.05, 0) is 25.8 Å². The van der Waals surface area contributed by atoms with E-state index in [4.69, 9.17) is 4.74 Å². The molecule has 2 aromatic heterocycles. The lowest BCUT2D eigenvalue weighted by atomic mass is 10.1. The number of fused-ring (bicyclic) bond motifs is 1. The minimum Gasteiger partial charge on any atom is -0.484 e. The van der Waals surface area contributed by atoms with Crippen LogP contribution >= 0.6 is 0 Å². The lowest BCUT2D eigenvalue weighted by Gasteiger charge is -2.28. The first-order chi connectivity index (χ1) is 13.1. The van der Waals surface area contributed by atoms with Gasteiger partial charge in [0.05, 0.1) is 16.9 Å². The number of rotatable bonds is 4. The minimum absolute atomic E-state index is 0.247. The minimum atomic E-state index is -0.391. The molecule has 5 rings (SSSR count). The van der Waals surface area contributed by atoms with E-state index in [1.807, 2.05) is 13.0 Å². The van der Waals surface area contributed by atoms with Crippen LogP contribution in [0.5, 0.6) is 5.75 Å². The van der Waals surface area contributed by atoms with E-state index in [1.165, 1.54) is 6.07 Å². The molecule has 2 N–H and O–H groups in total. The first kappa shape index (κ1) is 16.4. The lowest BCUT2D eigenvalue weighted by Crippen LogP contribution is -2.43. The second-order valence-electron chi connectivity index (χ2n) is 7.45. The van der Waals surface area contributed by atoms with E-state index in [1.54, 1.807) is 12.4 Å². The fourth-order valence-corrected chi connectivity index (χ4v) is 3.38. The summed E-state index contributed by atoms with van der Waals surface area (Å²) in [6.45, 7) is 5.68. The van der Waals surface area contributed by atoms with Gasteiger partial charge in [0.15, 0.2) is 11.6 Å². The summed E-state index contributed by atoms with van der Waals surface area (Å²) in [4.78, 5) is 11.0. The average Bonchev–Trinajstić information content (AvgIpc) is 3.28. The molecule has 140 valence electrons. The highest BCUT2D eigenvalue weighted by atomic mass is 19.1. The van der Waals surface area contributed by atoms with Crippen LogP contribution in [-0.4, -0.2) is 51.9 Å². The van der Waals surface area contributed by atoms with E-state index in [-0.39, 0.29) is 11.4 Å². The van der Waals surface area contributed by atoms with Gasteiger partial charge < -0.3 is 15.0 Å². The van der Waals surface area contributed by atoms with Gasteiger partial charge in [0.1, 0.15) is 17.7 Å². The molecule has 0 radical (unpaired) electrons. The van der Waals surface area contributed by atoms with Gasteiger partial charge in [-0.2, -0.15) is 5.10 Å². The Labute approximate surface area is 156 Å². The summed E-state index contributed by atoms with van der Waals surface area (Å²) in [5, 5.41) is 11.4. The highest BCUT2D eigenvalue weighted by molar-refractivity contribution is 5.93. The molecule has 7 nitrogen and oxygen atoms in total. The van der Waals surface area contributed by atoms with Gasteiger partial charge in [-0.1, -0.05) is 0 Å². The van der Waals surface area contributed by atoms with Crippen LogP contribution in [0.2, 0.25) is 0 Å². The third kappa shape index (κ3) is 3.10. The van der Waals surface area contributed by atoms with Crippen LogP contribution in [0.25, 0.3) is 22.3 Å². The van der Waals surface area contributed by atoms with Gasteiger partial charge >= 0.3 is 0 Å². The number of nitrogens with zero attached hydrogens (tertiary/aromatic N) is 4. The zero-order chi connectivity index (χ0) is 18.4. The summed E-state index contributed by atoms with van der Waals surface area (Å²) in [5.41, 5.74) is 1.78. The molecule has 3 aromatic rings. The van der Waals surface area contributed by atoms with Crippen molar-refractivity contribution in [1.82, 2.24) is 25.5 Å². The van der Waals surface area contributed by atoms with Gasteiger partial charge in [-0.15, -0.1) is 0 Å². The fourth-order valence-electron chi connectivity index (χ4n) is 3.38. The van der Waals surface area contributed by atoms with E-state index in [0.29, 0.717) is 5.52 Å². The van der Waals surface area contributed by atoms with Crippen molar-refractivity contribution in [2.45, 2.75) is 25.4 Å². The summed E-state index contributed by atoms with van der Waals surface area (Å²) in [5.74, 6) is 0.757. The monoisotopic (exact) mass is 368 g/mol. The molecule has 2 aliphatic rings. The van der Waals surface area contributed by atoms with Crippen LogP contribution in [0, 0.1) is 5.82 Å². The predicted molar refractivity (Wildman–Crippen MR) is 100 cm³/mol. The molecular formula is C19H21FN6O. The molecular weight excluding hydrogens is 347 g/mol. The van der Waals surface area contributed by atoms with E-state index < -0.39 is 5.82 Å². The van der Waals surface area contributed by atoms with Crippen LogP contribution in [0.3, 0.4) is 0 Å². The maximum absolute atomic E-state index is 14.4. The van der Waals surface area contributed by atoms with Gasteiger partial charge in [0, 0.05) is 43.7 Å². The molecule has 27 heavy (non-hydrogen) atoms. The number of halogens is 1. The molecule has 0 spiro atoms. The maximum Gasteiger partial charge on any atom is 0.167 e. The normalized spacial score (nSPS) is 18.7. The molecule has 0 bridgehead atoms. The Morgan fingerprint density at radius 2 is 1.96 bits per heavy atom. The number of benzene rings is 1. The highest BCUT2D eigenvalue weighted by Gasteiger charge is 2.40. The molecule has 0 amide bonds. The summed E-state index contributed by atoms with van der Waals surface area (Å²) in [6, 6.07) is 5.08. The number of hydrogen-bond acceptors (Lipinski definition) is 6. The van der Waals surface area contributed by atoms with Crippen molar-refractivity contribution in [3.05, 3.63) is 30.3 Å². The summed E-state index contributed by atoms with van der Waals surface area (Å²) >= 11 is 0. The number of nitrogens with one attached hydrogen (secondary N) is 2. The second-order valence-corrected chi connectivity index (χ2v) is 7.45. The molecule has 1 saturated heterocycles. The van der Waals surface area contributed by atoms with Crippen LogP contribution in [0.4, 0.5) is 10.2 Å².